The molecule has 7 heteroatoms. The highest BCUT2D eigenvalue weighted by atomic mass is 19.4. The molecule has 4 rings (SSSR count). The number of anilines is 1. The minimum Gasteiger partial charge on any atom is -0.496 e. The van der Waals surface area contributed by atoms with Gasteiger partial charge in [0.1, 0.15) is 5.75 Å². The van der Waals surface area contributed by atoms with Gasteiger partial charge in [-0.25, -0.2) is 0 Å². The lowest BCUT2D eigenvalue weighted by Crippen LogP contribution is -2.13. The average molecular weight is 360 g/mol. The number of benzene rings is 2. The third kappa shape index (κ3) is 2.51. The number of methoxy groups -OCH3 is 1. The fourth-order valence-electron chi connectivity index (χ4n) is 3.41. The molecule has 0 saturated carbocycles. The lowest BCUT2D eigenvalue weighted by atomic mass is 10.0. The number of alkyl halides is 3. The Morgan fingerprint density at radius 2 is 1.92 bits per heavy atom. The van der Waals surface area contributed by atoms with Gasteiger partial charge in [0.15, 0.2) is 0 Å². The number of aromatic amines is 1. The SMILES string of the molecule is COc1cc2c(cc1C)NC(=O)Cc1c-2[nH]c2ccc(C(F)(F)F)cc12. The van der Waals surface area contributed by atoms with Crippen LogP contribution >= 0.6 is 0 Å². The first-order valence-electron chi connectivity index (χ1n) is 7.98. The summed E-state index contributed by atoms with van der Waals surface area (Å²) in [6, 6.07) is 7.11. The number of aryl methyl sites for hydroxylation is 1. The van der Waals surface area contributed by atoms with Crippen LogP contribution in [0, 0.1) is 6.92 Å². The molecule has 2 heterocycles. The highest BCUT2D eigenvalue weighted by Crippen LogP contribution is 2.41. The van der Waals surface area contributed by atoms with Gasteiger partial charge in [0.25, 0.3) is 0 Å². The van der Waals surface area contributed by atoms with Crippen molar-refractivity contribution in [3.05, 3.63) is 47.0 Å². The monoisotopic (exact) mass is 360 g/mol. The van der Waals surface area contributed by atoms with Crippen molar-refractivity contribution < 1.29 is 22.7 Å². The van der Waals surface area contributed by atoms with Crippen LogP contribution in [0.25, 0.3) is 22.2 Å². The molecule has 0 fully saturated rings. The Hall–Kier alpha value is -2.96. The number of carbonyl (C=O) groups is 1. The molecule has 2 aromatic carbocycles. The van der Waals surface area contributed by atoms with Crippen LogP contribution in [0.4, 0.5) is 18.9 Å². The van der Waals surface area contributed by atoms with E-state index in [-0.39, 0.29) is 12.3 Å². The van der Waals surface area contributed by atoms with Gasteiger partial charge in [0.2, 0.25) is 5.91 Å². The molecule has 0 aliphatic carbocycles. The summed E-state index contributed by atoms with van der Waals surface area (Å²) < 4.78 is 44.6. The van der Waals surface area contributed by atoms with Crippen molar-refractivity contribution in [3.63, 3.8) is 0 Å². The molecule has 1 aromatic heterocycles. The van der Waals surface area contributed by atoms with E-state index in [0.29, 0.717) is 39.2 Å². The first-order valence-corrected chi connectivity index (χ1v) is 7.98. The predicted molar refractivity (Wildman–Crippen MR) is 92.4 cm³/mol. The van der Waals surface area contributed by atoms with Crippen LogP contribution in [0.2, 0.25) is 0 Å². The van der Waals surface area contributed by atoms with Gasteiger partial charge >= 0.3 is 6.18 Å². The van der Waals surface area contributed by atoms with Gasteiger partial charge in [-0.15, -0.1) is 0 Å². The zero-order chi connectivity index (χ0) is 18.6. The van der Waals surface area contributed by atoms with Crippen molar-refractivity contribution in [2.45, 2.75) is 19.5 Å². The summed E-state index contributed by atoms with van der Waals surface area (Å²) in [5.41, 5.74) is 3.15. The van der Waals surface area contributed by atoms with Gasteiger partial charge in [-0.3, -0.25) is 4.79 Å². The average Bonchev–Trinajstić information content (AvgIpc) is 2.85. The molecule has 4 nitrogen and oxygen atoms in total. The third-order valence-corrected chi connectivity index (χ3v) is 4.65. The van der Waals surface area contributed by atoms with Crippen molar-refractivity contribution in [1.29, 1.82) is 0 Å². The fraction of sp³-hybridized carbons (Fsp3) is 0.211. The zero-order valence-electron chi connectivity index (χ0n) is 14.0. The maximum absolute atomic E-state index is 13.1. The molecule has 2 N–H and O–H groups in total. The van der Waals surface area contributed by atoms with E-state index >= 15 is 0 Å². The molecule has 0 unspecified atom stereocenters. The van der Waals surface area contributed by atoms with E-state index < -0.39 is 11.7 Å². The Balaban J connectivity index is 2.02. The molecule has 0 atom stereocenters. The number of carbonyl (C=O) groups excluding carboxylic acids is 1. The van der Waals surface area contributed by atoms with E-state index in [0.717, 1.165) is 17.7 Å². The van der Waals surface area contributed by atoms with E-state index in [1.54, 1.807) is 19.2 Å². The molecule has 0 radical (unpaired) electrons. The molecule has 0 saturated heterocycles. The van der Waals surface area contributed by atoms with Crippen molar-refractivity contribution >= 4 is 22.5 Å². The van der Waals surface area contributed by atoms with Crippen molar-refractivity contribution in [2.75, 3.05) is 12.4 Å². The van der Waals surface area contributed by atoms with E-state index in [2.05, 4.69) is 10.3 Å². The maximum atomic E-state index is 13.1. The molecule has 0 bridgehead atoms. The Bertz CT molecular complexity index is 1050. The largest absolute Gasteiger partial charge is 0.496 e. The molecule has 134 valence electrons. The first kappa shape index (κ1) is 16.5. The summed E-state index contributed by atoms with van der Waals surface area (Å²) in [6.07, 6.45) is -4.45. The van der Waals surface area contributed by atoms with E-state index in [1.165, 1.54) is 6.07 Å². The lowest BCUT2D eigenvalue weighted by molar-refractivity contribution is -0.137. The zero-order valence-corrected chi connectivity index (χ0v) is 14.0. The molecule has 0 spiro atoms. The number of fused-ring (bicyclic) bond motifs is 5. The van der Waals surface area contributed by atoms with E-state index in [9.17, 15) is 18.0 Å². The number of H-pyrrole nitrogens is 1. The van der Waals surface area contributed by atoms with Crippen molar-refractivity contribution in [2.24, 2.45) is 0 Å². The minimum absolute atomic E-state index is 0.00726. The van der Waals surface area contributed by atoms with Gasteiger partial charge < -0.3 is 15.0 Å². The van der Waals surface area contributed by atoms with E-state index in [4.69, 9.17) is 4.74 Å². The Kier molecular flexibility index (Phi) is 3.50. The number of rotatable bonds is 1. The van der Waals surface area contributed by atoms with Crippen LogP contribution in [0.15, 0.2) is 30.3 Å². The van der Waals surface area contributed by atoms with Crippen LogP contribution in [-0.4, -0.2) is 18.0 Å². The normalized spacial score (nSPS) is 13.8. The summed E-state index contributed by atoms with van der Waals surface area (Å²) in [5, 5.41) is 3.22. The van der Waals surface area contributed by atoms with Gasteiger partial charge in [-0.1, -0.05) is 0 Å². The van der Waals surface area contributed by atoms with Crippen LogP contribution in [0.5, 0.6) is 5.75 Å². The number of nitrogens with one attached hydrogen (secondary N) is 2. The second-order valence-corrected chi connectivity index (χ2v) is 6.33. The number of halogens is 3. The smallest absolute Gasteiger partial charge is 0.416 e. The second kappa shape index (κ2) is 5.52. The minimum atomic E-state index is -4.44. The highest BCUT2D eigenvalue weighted by Gasteiger charge is 2.32. The highest BCUT2D eigenvalue weighted by molar-refractivity contribution is 6.05. The second-order valence-electron chi connectivity index (χ2n) is 6.33. The fourth-order valence-corrected chi connectivity index (χ4v) is 3.41. The first-order chi connectivity index (χ1) is 12.3. The molecule has 1 aliphatic heterocycles. The molecular weight excluding hydrogens is 345 g/mol. The summed E-state index contributed by atoms with van der Waals surface area (Å²) in [4.78, 5) is 15.5. The molecule has 1 aliphatic rings. The predicted octanol–water partition coefficient (Wildman–Crippen LogP) is 4.67. The Labute approximate surface area is 147 Å². The third-order valence-electron chi connectivity index (χ3n) is 4.65. The quantitative estimate of drug-likeness (QED) is 0.663. The van der Waals surface area contributed by atoms with Crippen LogP contribution in [0.1, 0.15) is 16.7 Å². The summed E-state index contributed by atoms with van der Waals surface area (Å²) in [5.74, 6) is 0.369. The topological polar surface area (TPSA) is 54.1 Å². The summed E-state index contributed by atoms with van der Waals surface area (Å²) in [7, 11) is 1.55. The molecular formula is C19H15F3N2O2. The van der Waals surface area contributed by atoms with Crippen LogP contribution in [0.3, 0.4) is 0 Å². The number of hydrogen-bond donors (Lipinski definition) is 2. The standard InChI is InChI=1S/C19H15F3N2O2/c1-9-5-15-13(7-16(9)26-2)18-12(8-17(25)23-15)11-6-10(19(20,21)22)3-4-14(11)24-18/h3-7,24H,8H2,1-2H3,(H,23,25). The summed E-state index contributed by atoms with van der Waals surface area (Å²) >= 11 is 0. The maximum Gasteiger partial charge on any atom is 0.416 e. The number of hydrogen-bond acceptors (Lipinski definition) is 2. The van der Waals surface area contributed by atoms with Crippen molar-refractivity contribution in [3.8, 4) is 17.0 Å². The molecule has 1 amide bonds. The molecule has 3 aromatic rings. The van der Waals surface area contributed by atoms with Gasteiger partial charge in [-0.2, -0.15) is 13.2 Å². The molecule has 26 heavy (non-hydrogen) atoms. The van der Waals surface area contributed by atoms with Gasteiger partial charge in [0.05, 0.1) is 30.5 Å². The Morgan fingerprint density at radius 3 is 2.62 bits per heavy atom. The number of aromatic nitrogens is 1. The summed E-state index contributed by atoms with van der Waals surface area (Å²) in [6.45, 7) is 1.86. The van der Waals surface area contributed by atoms with Gasteiger partial charge in [0, 0.05) is 16.5 Å². The lowest BCUT2D eigenvalue weighted by Gasteiger charge is -2.12. The van der Waals surface area contributed by atoms with Crippen LogP contribution < -0.4 is 10.1 Å². The number of ether oxygens (including phenoxy) is 1. The van der Waals surface area contributed by atoms with Crippen molar-refractivity contribution in [1.82, 2.24) is 4.98 Å². The van der Waals surface area contributed by atoms with E-state index in [1.807, 2.05) is 6.92 Å². The van der Waals surface area contributed by atoms with Crippen LogP contribution in [-0.2, 0) is 17.4 Å². The van der Waals surface area contributed by atoms with Gasteiger partial charge in [-0.05, 0) is 48.4 Å². The number of amides is 1. The Morgan fingerprint density at radius 1 is 1.15 bits per heavy atom.